The molecule has 0 radical (unpaired) electrons. The number of hydrogen-bond acceptors (Lipinski definition) is 4. The van der Waals surface area contributed by atoms with E-state index in [1.807, 2.05) is 18.3 Å². The van der Waals surface area contributed by atoms with Gasteiger partial charge in [0.05, 0.1) is 6.04 Å². The summed E-state index contributed by atoms with van der Waals surface area (Å²) in [6.07, 6.45) is 8.74. The van der Waals surface area contributed by atoms with Gasteiger partial charge in [-0.2, -0.15) is 0 Å². The van der Waals surface area contributed by atoms with E-state index in [2.05, 4.69) is 44.0 Å². The minimum atomic E-state index is 0.0366. The monoisotopic (exact) mass is 364 g/mol. The van der Waals surface area contributed by atoms with Crippen molar-refractivity contribution in [2.75, 3.05) is 19.6 Å². The maximum atomic E-state index is 13.3. The molecule has 2 aliphatic rings. The maximum absolute atomic E-state index is 13.3. The molecular formula is C22H28N4O. The quantitative estimate of drug-likeness (QED) is 0.836. The first-order chi connectivity index (χ1) is 13.3. The molecule has 5 heteroatoms. The second kappa shape index (κ2) is 8.61. The predicted octanol–water partition coefficient (Wildman–Crippen LogP) is 3.24. The van der Waals surface area contributed by atoms with E-state index in [-0.39, 0.29) is 6.04 Å². The molecule has 2 aliphatic heterocycles. The summed E-state index contributed by atoms with van der Waals surface area (Å²) in [6.45, 7) is 3.56. The van der Waals surface area contributed by atoms with Gasteiger partial charge in [-0.3, -0.25) is 9.69 Å². The Morgan fingerprint density at radius 3 is 2.56 bits per heavy atom. The lowest BCUT2D eigenvalue weighted by Crippen LogP contribution is -2.52. The summed E-state index contributed by atoms with van der Waals surface area (Å²) >= 11 is 0. The van der Waals surface area contributed by atoms with E-state index in [0.717, 1.165) is 57.6 Å². The van der Waals surface area contributed by atoms with E-state index < -0.39 is 0 Å². The molecule has 2 fully saturated rings. The number of carbonyl (C=O) groups excluding carboxylic acids is 1. The van der Waals surface area contributed by atoms with E-state index in [1.165, 1.54) is 12.0 Å². The fraction of sp³-hybridized carbons (Fsp3) is 0.500. The Kier molecular flexibility index (Phi) is 5.78. The van der Waals surface area contributed by atoms with Crippen LogP contribution in [0.3, 0.4) is 0 Å². The van der Waals surface area contributed by atoms with Crippen LogP contribution in [0, 0.1) is 0 Å². The molecule has 0 aliphatic carbocycles. The third-order valence-electron chi connectivity index (χ3n) is 5.96. The number of likely N-dealkylation sites (tertiary alicyclic amines) is 2. The van der Waals surface area contributed by atoms with Crippen LogP contribution in [-0.2, 0) is 11.3 Å². The number of carbonyl (C=O) groups is 1. The Bertz CT molecular complexity index is 728. The molecule has 1 atom stereocenters. The largest absolute Gasteiger partial charge is 0.341 e. The van der Waals surface area contributed by atoms with Gasteiger partial charge in [-0.15, -0.1) is 0 Å². The molecule has 1 aromatic heterocycles. The van der Waals surface area contributed by atoms with Gasteiger partial charge in [0.25, 0.3) is 0 Å². The van der Waals surface area contributed by atoms with Crippen LogP contribution in [0.25, 0.3) is 0 Å². The molecule has 3 heterocycles. The smallest absolute Gasteiger partial charge is 0.239 e. The Morgan fingerprint density at radius 2 is 1.81 bits per heavy atom. The standard InChI is InChI=1S/C22H28N4O/c27-22(25-14-10-19(11-15-25)20-9-12-23-17-24-20)21-8-4-5-13-26(21)16-18-6-2-1-3-7-18/h1-3,6-7,9,12,17,19,21H,4-5,8,10-11,13-16H2/t21-/m1/s1. The minimum absolute atomic E-state index is 0.0366. The van der Waals surface area contributed by atoms with E-state index in [0.29, 0.717) is 11.8 Å². The van der Waals surface area contributed by atoms with E-state index in [9.17, 15) is 4.79 Å². The van der Waals surface area contributed by atoms with Gasteiger partial charge >= 0.3 is 0 Å². The van der Waals surface area contributed by atoms with Crippen molar-refractivity contribution < 1.29 is 4.79 Å². The van der Waals surface area contributed by atoms with Crippen molar-refractivity contribution in [1.82, 2.24) is 19.8 Å². The molecule has 0 spiro atoms. The second-order valence-corrected chi connectivity index (χ2v) is 7.70. The molecule has 4 rings (SSSR count). The Labute approximate surface area is 161 Å². The predicted molar refractivity (Wildman–Crippen MR) is 105 cm³/mol. The number of hydrogen-bond donors (Lipinski definition) is 0. The summed E-state index contributed by atoms with van der Waals surface area (Å²) in [7, 11) is 0. The van der Waals surface area contributed by atoms with Crippen LogP contribution in [0.2, 0.25) is 0 Å². The highest BCUT2D eigenvalue weighted by Crippen LogP contribution is 2.28. The normalized spacial score (nSPS) is 21.9. The lowest BCUT2D eigenvalue weighted by Gasteiger charge is -2.40. The maximum Gasteiger partial charge on any atom is 0.239 e. The van der Waals surface area contributed by atoms with Crippen LogP contribution in [-0.4, -0.2) is 51.4 Å². The van der Waals surface area contributed by atoms with Crippen LogP contribution in [0.15, 0.2) is 48.9 Å². The van der Waals surface area contributed by atoms with Crippen molar-refractivity contribution >= 4 is 5.91 Å². The van der Waals surface area contributed by atoms with Gasteiger partial charge in [0, 0.05) is 37.4 Å². The van der Waals surface area contributed by atoms with Gasteiger partial charge in [0.2, 0.25) is 5.91 Å². The number of piperidine rings is 2. The van der Waals surface area contributed by atoms with Crippen molar-refractivity contribution in [3.63, 3.8) is 0 Å². The molecule has 1 amide bonds. The van der Waals surface area contributed by atoms with Crippen molar-refractivity contribution in [2.24, 2.45) is 0 Å². The van der Waals surface area contributed by atoms with Gasteiger partial charge < -0.3 is 4.90 Å². The minimum Gasteiger partial charge on any atom is -0.341 e. The number of benzene rings is 1. The average Bonchev–Trinajstić information content (AvgIpc) is 2.75. The third kappa shape index (κ3) is 4.35. The zero-order chi connectivity index (χ0) is 18.5. The number of amides is 1. The van der Waals surface area contributed by atoms with Crippen LogP contribution in [0.1, 0.15) is 49.3 Å². The van der Waals surface area contributed by atoms with E-state index in [4.69, 9.17) is 0 Å². The van der Waals surface area contributed by atoms with Crippen LogP contribution in [0.4, 0.5) is 0 Å². The molecule has 2 aromatic rings. The van der Waals surface area contributed by atoms with Gasteiger partial charge in [-0.1, -0.05) is 36.8 Å². The molecule has 27 heavy (non-hydrogen) atoms. The molecule has 0 unspecified atom stereocenters. The van der Waals surface area contributed by atoms with Gasteiger partial charge in [0.1, 0.15) is 6.33 Å². The van der Waals surface area contributed by atoms with E-state index in [1.54, 1.807) is 6.33 Å². The lowest BCUT2D eigenvalue weighted by molar-refractivity contribution is -0.139. The van der Waals surface area contributed by atoms with Crippen molar-refractivity contribution in [3.05, 3.63) is 60.2 Å². The Balaban J connectivity index is 1.37. The number of nitrogens with zero attached hydrogens (tertiary/aromatic N) is 4. The molecule has 1 aromatic carbocycles. The molecule has 2 saturated heterocycles. The first kappa shape index (κ1) is 18.1. The Morgan fingerprint density at radius 1 is 1.00 bits per heavy atom. The summed E-state index contributed by atoms with van der Waals surface area (Å²) in [4.78, 5) is 26.1. The van der Waals surface area contributed by atoms with E-state index >= 15 is 0 Å². The molecule has 5 nitrogen and oxygen atoms in total. The highest BCUT2D eigenvalue weighted by Gasteiger charge is 2.34. The summed E-state index contributed by atoms with van der Waals surface area (Å²) in [5, 5.41) is 0. The molecule has 142 valence electrons. The highest BCUT2D eigenvalue weighted by molar-refractivity contribution is 5.82. The second-order valence-electron chi connectivity index (χ2n) is 7.70. The zero-order valence-electron chi connectivity index (χ0n) is 15.8. The zero-order valence-corrected chi connectivity index (χ0v) is 15.8. The number of rotatable bonds is 4. The lowest BCUT2D eigenvalue weighted by atomic mass is 9.92. The van der Waals surface area contributed by atoms with Crippen LogP contribution in [0.5, 0.6) is 0 Å². The van der Waals surface area contributed by atoms with Crippen molar-refractivity contribution in [1.29, 1.82) is 0 Å². The first-order valence-corrected chi connectivity index (χ1v) is 10.1. The summed E-state index contributed by atoms with van der Waals surface area (Å²) in [5.74, 6) is 0.774. The summed E-state index contributed by atoms with van der Waals surface area (Å²) < 4.78 is 0. The van der Waals surface area contributed by atoms with Crippen molar-refractivity contribution in [2.45, 2.75) is 50.6 Å². The summed E-state index contributed by atoms with van der Waals surface area (Å²) in [6, 6.07) is 12.6. The molecule has 0 N–H and O–H groups in total. The fourth-order valence-electron chi connectivity index (χ4n) is 4.43. The third-order valence-corrected chi connectivity index (χ3v) is 5.96. The highest BCUT2D eigenvalue weighted by atomic mass is 16.2. The molecular weight excluding hydrogens is 336 g/mol. The first-order valence-electron chi connectivity index (χ1n) is 10.1. The van der Waals surface area contributed by atoms with Crippen LogP contribution >= 0.6 is 0 Å². The van der Waals surface area contributed by atoms with Crippen molar-refractivity contribution in [3.8, 4) is 0 Å². The van der Waals surface area contributed by atoms with Crippen LogP contribution < -0.4 is 0 Å². The Hall–Kier alpha value is -2.27. The number of aromatic nitrogens is 2. The van der Waals surface area contributed by atoms with Gasteiger partial charge in [0.15, 0.2) is 0 Å². The average molecular weight is 364 g/mol. The van der Waals surface area contributed by atoms with Gasteiger partial charge in [-0.05, 0) is 43.9 Å². The molecule has 0 bridgehead atoms. The topological polar surface area (TPSA) is 49.3 Å². The molecule has 0 saturated carbocycles. The van der Waals surface area contributed by atoms with Gasteiger partial charge in [-0.25, -0.2) is 9.97 Å². The SMILES string of the molecule is O=C([C@H]1CCCCN1Cc1ccccc1)N1CCC(c2ccncn2)CC1. The fourth-order valence-corrected chi connectivity index (χ4v) is 4.43. The summed E-state index contributed by atoms with van der Waals surface area (Å²) in [5.41, 5.74) is 2.40.